The molecule has 0 saturated carbocycles. The molecular weight excluding hydrogens is 497 g/mol. The second kappa shape index (κ2) is 12.8. The summed E-state index contributed by atoms with van der Waals surface area (Å²) in [4.78, 5) is 20.1. The fourth-order valence-corrected chi connectivity index (χ4v) is 6.31. The average Bonchev–Trinajstić information content (AvgIpc) is 2.89. The third-order valence-electron chi connectivity index (χ3n) is 7.61. The molecule has 2 aliphatic rings. The first kappa shape index (κ1) is 26.8. The van der Waals surface area contributed by atoms with Gasteiger partial charge in [0.05, 0.1) is 15.4 Å². The third kappa shape index (κ3) is 7.17. The van der Waals surface area contributed by atoms with Gasteiger partial charge >= 0.3 is 0 Å². The van der Waals surface area contributed by atoms with Gasteiger partial charge < -0.3 is 9.80 Å². The second-order valence-electron chi connectivity index (χ2n) is 10.00. The minimum absolute atomic E-state index is 0.0410. The van der Waals surface area contributed by atoms with Crippen molar-refractivity contribution in [2.45, 2.75) is 55.9 Å². The van der Waals surface area contributed by atoms with Crippen molar-refractivity contribution in [2.24, 2.45) is 0 Å². The van der Waals surface area contributed by atoms with E-state index in [1.54, 1.807) is 0 Å². The topological polar surface area (TPSA) is 26.8 Å². The number of likely N-dealkylation sites (N-methyl/N-ethyl adjacent to an activating group) is 1. The van der Waals surface area contributed by atoms with Crippen LogP contribution >= 0.6 is 35.8 Å². The predicted octanol–water partition coefficient (Wildman–Crippen LogP) is 6.45. The van der Waals surface area contributed by atoms with Crippen LogP contribution in [0.1, 0.15) is 60.4 Å². The summed E-state index contributed by atoms with van der Waals surface area (Å²) in [5.74, 6) is 0.225. The number of nitrogens with zero attached hydrogens (tertiary/aromatic N) is 3. The first-order valence-corrected chi connectivity index (χ1v) is 14.1. The maximum absolute atomic E-state index is 13.0. The largest absolute Gasteiger partial charge is 0.341 e. The van der Waals surface area contributed by atoms with E-state index in [9.17, 15) is 4.79 Å². The van der Waals surface area contributed by atoms with E-state index in [2.05, 4.69) is 15.9 Å². The zero-order chi connectivity index (χ0) is 24.8. The Labute approximate surface area is 226 Å². The number of likely N-dealkylation sites (tertiary alicyclic amines) is 2. The first-order valence-electron chi connectivity index (χ1n) is 12.8. The van der Waals surface area contributed by atoms with E-state index in [0.717, 1.165) is 31.6 Å². The van der Waals surface area contributed by atoms with Gasteiger partial charge in [-0.1, -0.05) is 47.5 Å². The lowest BCUT2D eigenvalue weighted by Crippen LogP contribution is -2.49. The fraction of sp³-hybridized carbons (Fsp3) is 0.536. The summed E-state index contributed by atoms with van der Waals surface area (Å²) in [7, 11) is 1.89. The summed E-state index contributed by atoms with van der Waals surface area (Å²) in [6.07, 6.45) is 7.21. The van der Waals surface area contributed by atoms with E-state index in [0.29, 0.717) is 33.6 Å². The van der Waals surface area contributed by atoms with E-state index < -0.39 is 0 Å². The Hall–Kier alpha value is -1.24. The zero-order valence-corrected chi connectivity index (χ0v) is 23.0. The molecule has 2 aromatic carbocycles. The Balaban J connectivity index is 1.37. The number of thiol groups is 1. The van der Waals surface area contributed by atoms with Gasteiger partial charge in [-0.25, -0.2) is 0 Å². The molecule has 7 heteroatoms. The molecular formula is C28H37Cl2N3OS. The predicted molar refractivity (Wildman–Crippen MR) is 150 cm³/mol. The number of piperidine rings is 2. The van der Waals surface area contributed by atoms with Crippen LogP contribution in [0, 0.1) is 0 Å². The minimum atomic E-state index is 0.0410. The van der Waals surface area contributed by atoms with Crippen molar-refractivity contribution >= 4 is 41.7 Å². The van der Waals surface area contributed by atoms with Gasteiger partial charge in [-0.05, 0) is 94.5 Å². The van der Waals surface area contributed by atoms with E-state index >= 15 is 0 Å². The normalized spacial score (nSPS) is 21.1. The lowest BCUT2D eigenvalue weighted by atomic mass is 9.93. The Kier molecular flexibility index (Phi) is 9.83. The number of halogens is 2. The highest BCUT2D eigenvalue weighted by atomic mass is 35.5. The van der Waals surface area contributed by atoms with Crippen molar-refractivity contribution in [1.29, 1.82) is 0 Å². The van der Waals surface area contributed by atoms with Crippen LogP contribution < -0.4 is 0 Å². The van der Waals surface area contributed by atoms with Gasteiger partial charge in [-0.2, -0.15) is 12.6 Å². The Morgan fingerprint density at radius 2 is 1.77 bits per heavy atom. The molecule has 2 heterocycles. The van der Waals surface area contributed by atoms with Crippen LogP contribution in [-0.4, -0.2) is 71.8 Å². The van der Waals surface area contributed by atoms with Crippen LogP contribution in [0.5, 0.6) is 0 Å². The quantitative estimate of drug-likeness (QED) is 0.395. The van der Waals surface area contributed by atoms with Gasteiger partial charge in [0, 0.05) is 31.1 Å². The highest BCUT2D eigenvalue weighted by molar-refractivity contribution is 7.80. The van der Waals surface area contributed by atoms with Gasteiger partial charge in [-0.3, -0.25) is 9.69 Å². The van der Waals surface area contributed by atoms with Crippen LogP contribution in [0.3, 0.4) is 0 Å². The number of amides is 1. The van der Waals surface area contributed by atoms with Gasteiger partial charge in [-0.15, -0.1) is 0 Å². The Morgan fingerprint density at radius 1 is 1.03 bits per heavy atom. The SMILES string of the molecule is CN(C[C@@H](CCN1CCC(N2CCCC[C@@H]2S)CC1)c1ccc(Cl)c(Cl)c1)C(=O)c1ccccc1. The lowest BCUT2D eigenvalue weighted by molar-refractivity contribution is 0.0755. The molecule has 2 aliphatic heterocycles. The molecule has 0 aromatic heterocycles. The fourth-order valence-electron chi connectivity index (χ4n) is 5.52. The van der Waals surface area contributed by atoms with Crippen molar-refractivity contribution in [3.63, 3.8) is 0 Å². The van der Waals surface area contributed by atoms with Crippen LogP contribution in [0.15, 0.2) is 48.5 Å². The smallest absolute Gasteiger partial charge is 0.253 e. The molecule has 0 N–H and O–H groups in total. The number of carbonyl (C=O) groups excluding carboxylic acids is 1. The molecule has 0 bridgehead atoms. The summed E-state index contributed by atoms with van der Waals surface area (Å²) in [6, 6.07) is 16.0. The highest BCUT2D eigenvalue weighted by Crippen LogP contribution is 2.31. The molecule has 2 aromatic rings. The molecule has 2 saturated heterocycles. The number of carbonyl (C=O) groups is 1. The molecule has 0 spiro atoms. The summed E-state index contributed by atoms with van der Waals surface area (Å²) < 4.78 is 0. The molecule has 35 heavy (non-hydrogen) atoms. The van der Waals surface area contributed by atoms with Crippen molar-refractivity contribution in [2.75, 3.05) is 39.8 Å². The molecule has 4 rings (SSSR count). The number of rotatable bonds is 8. The monoisotopic (exact) mass is 533 g/mol. The minimum Gasteiger partial charge on any atom is -0.341 e. The van der Waals surface area contributed by atoms with Crippen molar-refractivity contribution in [3.8, 4) is 0 Å². The van der Waals surface area contributed by atoms with Gasteiger partial charge in [0.1, 0.15) is 0 Å². The second-order valence-corrected chi connectivity index (χ2v) is 11.4. The molecule has 4 nitrogen and oxygen atoms in total. The molecule has 2 atom stereocenters. The van der Waals surface area contributed by atoms with Gasteiger partial charge in [0.15, 0.2) is 0 Å². The molecule has 190 valence electrons. The van der Waals surface area contributed by atoms with Crippen molar-refractivity contribution < 1.29 is 4.79 Å². The van der Waals surface area contributed by atoms with E-state index in [1.165, 1.54) is 38.6 Å². The average molecular weight is 535 g/mol. The third-order valence-corrected chi connectivity index (χ3v) is 8.90. The summed E-state index contributed by atoms with van der Waals surface area (Å²) in [5.41, 5.74) is 1.85. The molecule has 1 amide bonds. The maximum Gasteiger partial charge on any atom is 0.253 e. The first-order chi connectivity index (χ1) is 16.9. The standard InChI is InChI=1S/C28H37Cl2N3OS/c1-31(28(34)21-7-3-2-4-8-21)20-23(22-10-11-25(29)26(30)19-22)12-16-32-17-13-24(14-18-32)33-15-6-5-9-27(33)35/h2-4,7-8,10-11,19,23-24,27,35H,5-6,9,12-18,20H2,1H3/t23-,27+/m1/s1. The van der Waals surface area contributed by atoms with Crippen LogP contribution in [0.2, 0.25) is 10.0 Å². The van der Waals surface area contributed by atoms with E-state index in [4.69, 9.17) is 35.8 Å². The van der Waals surface area contributed by atoms with Gasteiger partial charge in [0.25, 0.3) is 5.91 Å². The molecule has 2 fully saturated rings. The van der Waals surface area contributed by atoms with Crippen LogP contribution in [-0.2, 0) is 0 Å². The lowest BCUT2D eigenvalue weighted by Gasteiger charge is -2.43. The van der Waals surface area contributed by atoms with Gasteiger partial charge in [0.2, 0.25) is 0 Å². The molecule has 0 radical (unpaired) electrons. The van der Waals surface area contributed by atoms with E-state index in [1.807, 2.05) is 54.4 Å². The van der Waals surface area contributed by atoms with Crippen LogP contribution in [0.25, 0.3) is 0 Å². The Morgan fingerprint density at radius 3 is 2.46 bits per heavy atom. The number of hydrogen-bond acceptors (Lipinski definition) is 4. The maximum atomic E-state index is 13.0. The van der Waals surface area contributed by atoms with Crippen LogP contribution in [0.4, 0.5) is 0 Å². The molecule has 0 aliphatic carbocycles. The molecule has 0 unspecified atom stereocenters. The summed E-state index contributed by atoms with van der Waals surface area (Å²) in [6.45, 7) is 5.08. The van der Waals surface area contributed by atoms with Crippen molar-refractivity contribution in [1.82, 2.24) is 14.7 Å². The zero-order valence-electron chi connectivity index (χ0n) is 20.6. The summed E-state index contributed by atoms with van der Waals surface area (Å²) in [5, 5.41) is 1.55. The highest BCUT2D eigenvalue weighted by Gasteiger charge is 2.30. The summed E-state index contributed by atoms with van der Waals surface area (Å²) >= 11 is 17.4. The number of hydrogen-bond donors (Lipinski definition) is 1. The van der Waals surface area contributed by atoms with Crippen molar-refractivity contribution in [3.05, 3.63) is 69.7 Å². The van der Waals surface area contributed by atoms with E-state index in [-0.39, 0.29) is 11.8 Å². The Bertz CT molecular complexity index is 968. The number of benzene rings is 2.